The van der Waals surface area contributed by atoms with Crippen LogP contribution < -0.4 is 29.0 Å². The van der Waals surface area contributed by atoms with Gasteiger partial charge in [-0.15, -0.1) is 0 Å². The Morgan fingerprint density at radius 1 is 0.781 bits per heavy atom. The van der Waals surface area contributed by atoms with Gasteiger partial charge in [-0.05, 0) is 40.0 Å². The van der Waals surface area contributed by atoms with E-state index in [1.54, 1.807) is 32.4 Å². The number of hydrogen-bond donors (Lipinski definition) is 0. The molecule has 0 aliphatic carbocycles. The topological polar surface area (TPSA) is 63.2 Å². The molecule has 32 heavy (non-hydrogen) atoms. The van der Waals surface area contributed by atoms with Crippen LogP contribution in [-0.4, -0.2) is 58.4 Å². The second-order valence-electron chi connectivity index (χ2n) is 6.83. The van der Waals surface area contributed by atoms with E-state index in [-0.39, 0.29) is 33.0 Å². The summed E-state index contributed by atoms with van der Waals surface area (Å²) >= 11 is 0. The maximum atomic E-state index is 13.4. The van der Waals surface area contributed by atoms with Crippen LogP contribution in [-0.2, 0) is 0 Å². The van der Waals surface area contributed by atoms with E-state index < -0.39 is 0 Å². The minimum absolute atomic E-state index is 0. The first-order chi connectivity index (χ1) is 15.1. The Hall–Kier alpha value is -1.86. The van der Waals surface area contributed by atoms with E-state index >= 15 is 0 Å². The van der Waals surface area contributed by atoms with E-state index in [1.165, 1.54) is 0 Å². The van der Waals surface area contributed by atoms with Crippen molar-refractivity contribution < 1.29 is 28.5 Å². The zero-order chi connectivity index (χ0) is 22.6. The van der Waals surface area contributed by atoms with Crippen LogP contribution in [0.5, 0.6) is 28.7 Å². The summed E-state index contributed by atoms with van der Waals surface area (Å²) < 4.78 is 28.7. The van der Waals surface area contributed by atoms with Crippen molar-refractivity contribution in [2.45, 2.75) is 40.0 Å². The van der Waals surface area contributed by atoms with E-state index in [1.807, 2.05) is 26.0 Å². The van der Waals surface area contributed by atoms with Crippen molar-refractivity contribution in [3.63, 3.8) is 0 Å². The molecule has 8 heteroatoms. The van der Waals surface area contributed by atoms with Crippen molar-refractivity contribution in [1.29, 1.82) is 0 Å². The molecule has 172 valence electrons. The molecule has 0 aromatic heterocycles. The molecule has 2 aromatic carbocycles. The quantitative estimate of drug-likeness (QED) is 0.307. The first-order valence-electron chi connectivity index (χ1n) is 10.7. The van der Waals surface area contributed by atoms with Crippen molar-refractivity contribution in [2.75, 3.05) is 34.0 Å². The molecule has 0 N–H and O–H groups in total. The van der Waals surface area contributed by atoms with Crippen LogP contribution >= 0.6 is 8.58 Å². The third-order valence-corrected chi connectivity index (χ3v) is 5.55. The van der Waals surface area contributed by atoms with Gasteiger partial charge in [-0.2, -0.15) is 0 Å². The van der Waals surface area contributed by atoms with Gasteiger partial charge in [-0.3, -0.25) is 4.79 Å². The second kappa shape index (κ2) is 15.1. The molecule has 1 atom stereocenters. The van der Waals surface area contributed by atoms with Gasteiger partial charge < -0.3 is 23.7 Å². The molecule has 0 aliphatic rings. The standard InChI is InChI=1S/C24H33O6P.Li.H/c1-6-12-28-17-15-20(29-13-7-2)23(21(16-17)30-14-8-3)31-24(25)22-18(26-4)10-9-11-19(22)27-5;;/h9-11,15-16,31H,6-8,12-14H2,1-5H3;;. The van der Waals surface area contributed by atoms with E-state index in [9.17, 15) is 4.79 Å². The fourth-order valence-corrected chi connectivity index (χ4v) is 4.03. The Labute approximate surface area is 205 Å². The molecule has 0 amide bonds. The summed E-state index contributed by atoms with van der Waals surface area (Å²) in [6, 6.07) is 9.00. The molecular weight excluding hydrogens is 422 g/mol. The van der Waals surface area contributed by atoms with E-state index in [4.69, 9.17) is 23.7 Å². The number of rotatable bonds is 14. The molecule has 0 heterocycles. The van der Waals surface area contributed by atoms with E-state index in [2.05, 4.69) is 6.92 Å². The first kappa shape index (κ1) is 28.2. The van der Waals surface area contributed by atoms with Crippen LogP contribution in [0.3, 0.4) is 0 Å². The second-order valence-corrected chi connectivity index (χ2v) is 8.04. The van der Waals surface area contributed by atoms with Crippen LogP contribution in [0.4, 0.5) is 0 Å². The summed E-state index contributed by atoms with van der Waals surface area (Å²) in [7, 11) is 2.85. The van der Waals surface area contributed by atoms with Gasteiger partial charge in [0.05, 0.1) is 39.3 Å². The molecular formula is C24H34LiO6P. The summed E-state index contributed by atoms with van der Waals surface area (Å²) in [5.41, 5.74) is 0.305. The normalized spacial score (nSPS) is 10.5. The van der Waals surface area contributed by atoms with Gasteiger partial charge in [0.15, 0.2) is 5.52 Å². The molecule has 0 aliphatic heterocycles. The van der Waals surface area contributed by atoms with Crippen molar-refractivity contribution in [3.8, 4) is 28.7 Å². The Balaban J connectivity index is 0.00000512. The SMILES string of the molecule is CCCOc1cc(OCCC)c(PC(=O)c2c(OC)cccc2OC)c(OCCC)c1.[LiH]. The monoisotopic (exact) mass is 456 g/mol. The number of hydrogen-bond acceptors (Lipinski definition) is 6. The molecule has 0 spiro atoms. The summed E-state index contributed by atoms with van der Waals surface area (Å²) in [6.07, 6.45) is 2.59. The Bertz CT molecular complexity index is 807. The number of methoxy groups -OCH3 is 2. The van der Waals surface area contributed by atoms with Crippen LogP contribution in [0.2, 0.25) is 0 Å². The number of benzene rings is 2. The number of carbonyl (C=O) groups is 1. The van der Waals surface area contributed by atoms with Crippen LogP contribution in [0.1, 0.15) is 50.4 Å². The Kier molecular flexibility index (Phi) is 13.3. The summed E-state index contributed by atoms with van der Waals surface area (Å²) in [5, 5.41) is 0.726. The Morgan fingerprint density at radius 2 is 1.25 bits per heavy atom. The fourth-order valence-electron chi connectivity index (χ4n) is 2.90. The molecule has 1 unspecified atom stereocenters. The van der Waals surface area contributed by atoms with Gasteiger partial charge in [-0.1, -0.05) is 26.8 Å². The van der Waals surface area contributed by atoms with Crippen molar-refractivity contribution >= 4 is 38.3 Å². The first-order valence-corrected chi connectivity index (χ1v) is 11.7. The van der Waals surface area contributed by atoms with Gasteiger partial charge in [-0.25, -0.2) is 0 Å². The zero-order valence-electron chi connectivity index (χ0n) is 19.1. The van der Waals surface area contributed by atoms with Gasteiger partial charge in [0.1, 0.15) is 34.3 Å². The average Bonchev–Trinajstić information content (AvgIpc) is 2.80. The predicted octanol–water partition coefficient (Wildman–Crippen LogP) is 4.57. The molecule has 0 saturated heterocycles. The average molecular weight is 456 g/mol. The van der Waals surface area contributed by atoms with Crippen molar-refractivity contribution in [2.24, 2.45) is 0 Å². The van der Waals surface area contributed by atoms with Crippen molar-refractivity contribution in [1.82, 2.24) is 0 Å². The molecule has 0 bridgehead atoms. The predicted molar refractivity (Wildman–Crippen MR) is 133 cm³/mol. The van der Waals surface area contributed by atoms with Gasteiger partial charge in [0, 0.05) is 12.1 Å². The Morgan fingerprint density at radius 3 is 1.69 bits per heavy atom. The zero-order valence-corrected chi connectivity index (χ0v) is 20.1. The summed E-state index contributed by atoms with van der Waals surface area (Å²) in [6.45, 7) is 7.80. The molecule has 0 saturated carbocycles. The third-order valence-electron chi connectivity index (χ3n) is 4.33. The number of ether oxygens (including phenoxy) is 5. The molecule has 0 fully saturated rings. The minimum atomic E-state index is -0.231. The summed E-state index contributed by atoms with van der Waals surface area (Å²) in [4.78, 5) is 13.4. The van der Waals surface area contributed by atoms with Crippen LogP contribution in [0.15, 0.2) is 30.3 Å². The van der Waals surface area contributed by atoms with Crippen LogP contribution in [0, 0.1) is 0 Å². The third kappa shape index (κ3) is 7.62. The van der Waals surface area contributed by atoms with Crippen molar-refractivity contribution in [3.05, 3.63) is 35.9 Å². The van der Waals surface area contributed by atoms with E-state index in [0.29, 0.717) is 54.1 Å². The maximum absolute atomic E-state index is 13.4. The fraction of sp³-hybridized carbons (Fsp3) is 0.458. The van der Waals surface area contributed by atoms with Gasteiger partial charge >= 0.3 is 18.9 Å². The number of carbonyl (C=O) groups excluding carboxylic acids is 1. The van der Waals surface area contributed by atoms with Gasteiger partial charge in [0.25, 0.3) is 0 Å². The van der Waals surface area contributed by atoms with Gasteiger partial charge in [0.2, 0.25) is 0 Å². The molecule has 2 rings (SSSR count). The molecule has 6 nitrogen and oxygen atoms in total. The molecule has 0 radical (unpaired) electrons. The molecule has 2 aromatic rings. The van der Waals surface area contributed by atoms with Crippen LogP contribution in [0.25, 0.3) is 0 Å². The van der Waals surface area contributed by atoms with E-state index in [0.717, 1.165) is 24.6 Å². The summed E-state index contributed by atoms with van der Waals surface area (Å²) in [5.74, 6) is 2.86.